The number of rotatable bonds is 3. The van der Waals surface area contributed by atoms with Crippen LogP contribution in [-0.4, -0.2) is 15.9 Å². The summed E-state index contributed by atoms with van der Waals surface area (Å²) in [6.45, 7) is 0. The van der Waals surface area contributed by atoms with E-state index < -0.39 is 0 Å². The molecule has 0 aliphatic heterocycles. The molecule has 0 aliphatic rings. The maximum atomic E-state index is 8.34. The summed E-state index contributed by atoms with van der Waals surface area (Å²) in [6, 6.07) is 18.8. The summed E-state index contributed by atoms with van der Waals surface area (Å²) in [7, 11) is 0. The van der Waals surface area contributed by atoms with Crippen LogP contribution in [0.2, 0.25) is 5.02 Å². The predicted molar refractivity (Wildman–Crippen MR) is 97.7 cm³/mol. The number of hydrogen-bond acceptors (Lipinski definition) is 4. The van der Waals surface area contributed by atoms with Crippen molar-refractivity contribution in [1.82, 2.24) is 9.66 Å². The molecule has 0 atom stereocenters. The number of benzene rings is 2. The van der Waals surface area contributed by atoms with Crippen molar-refractivity contribution in [2.45, 2.75) is 0 Å². The smallest absolute Gasteiger partial charge is 0.231 e. The predicted octanol–water partition coefficient (Wildman–Crippen LogP) is 4.31. The first kappa shape index (κ1) is 15.4. The van der Waals surface area contributed by atoms with E-state index in [1.54, 1.807) is 18.3 Å². The Bertz CT molecular complexity index is 1110. The quantitative estimate of drug-likeness (QED) is 0.560. The lowest BCUT2D eigenvalue weighted by atomic mass is 10.2. The second-order valence-electron chi connectivity index (χ2n) is 5.43. The van der Waals surface area contributed by atoms with Crippen LogP contribution in [0.15, 0.2) is 76.5 Å². The molecule has 0 saturated heterocycles. The first-order valence-electron chi connectivity index (χ1n) is 7.62. The molecule has 25 heavy (non-hydrogen) atoms. The van der Waals surface area contributed by atoms with Gasteiger partial charge in [-0.1, -0.05) is 54.1 Å². The summed E-state index contributed by atoms with van der Waals surface area (Å²) in [5.74, 6) is 0.677. The van der Waals surface area contributed by atoms with Gasteiger partial charge < -0.3 is 4.42 Å². The summed E-state index contributed by atoms with van der Waals surface area (Å²) in [6.07, 6.45) is 3.12. The summed E-state index contributed by atoms with van der Waals surface area (Å²) in [4.78, 5) is 4.26. The minimum Gasteiger partial charge on any atom is -0.438 e. The minimum absolute atomic E-state index is 0.209. The highest BCUT2D eigenvalue weighted by molar-refractivity contribution is 6.30. The van der Waals surface area contributed by atoms with Crippen LogP contribution in [0, 0.1) is 5.41 Å². The molecular weight excluding hydrogens is 336 g/mol. The fraction of sp³-hybridized carbons (Fsp3) is 0. The number of nitrogens with zero attached hydrogens (tertiary/aromatic N) is 3. The lowest BCUT2D eigenvalue weighted by Crippen LogP contribution is -2.16. The molecular formula is C19H13ClN4O. The van der Waals surface area contributed by atoms with Gasteiger partial charge in [0.1, 0.15) is 12.1 Å². The van der Waals surface area contributed by atoms with E-state index in [9.17, 15) is 0 Å². The highest BCUT2D eigenvalue weighted by Gasteiger charge is 2.09. The van der Waals surface area contributed by atoms with Crippen molar-refractivity contribution in [2.24, 2.45) is 5.10 Å². The van der Waals surface area contributed by atoms with Crippen molar-refractivity contribution in [3.63, 3.8) is 0 Å². The van der Waals surface area contributed by atoms with Gasteiger partial charge in [0, 0.05) is 10.6 Å². The molecule has 4 rings (SSSR count). The Morgan fingerprint density at radius 2 is 1.84 bits per heavy atom. The zero-order valence-electron chi connectivity index (χ0n) is 13.1. The summed E-state index contributed by atoms with van der Waals surface area (Å²) < 4.78 is 7.16. The van der Waals surface area contributed by atoms with E-state index in [1.807, 2.05) is 48.5 Å². The Hall–Kier alpha value is -3.18. The Kier molecular flexibility index (Phi) is 3.91. The molecule has 122 valence electrons. The van der Waals surface area contributed by atoms with Crippen molar-refractivity contribution < 1.29 is 4.42 Å². The Balaban J connectivity index is 1.73. The number of hydrogen-bond donors (Lipinski definition) is 1. The Morgan fingerprint density at radius 1 is 1.08 bits per heavy atom. The van der Waals surface area contributed by atoms with Crippen molar-refractivity contribution >= 4 is 28.9 Å². The SMILES string of the molecule is N=c1c2cc(-c3ccccc3)oc2ncn1/N=C/c1ccc(Cl)cc1. The molecule has 0 radical (unpaired) electrons. The van der Waals surface area contributed by atoms with E-state index in [2.05, 4.69) is 10.1 Å². The van der Waals surface area contributed by atoms with Crippen molar-refractivity contribution in [3.8, 4) is 11.3 Å². The number of aromatic nitrogens is 2. The largest absolute Gasteiger partial charge is 0.438 e. The maximum absolute atomic E-state index is 8.34. The standard InChI is InChI=1S/C19H13ClN4O/c20-15-8-6-13(7-9-15)11-23-24-12-22-19-16(18(24)21)10-17(25-19)14-4-2-1-3-5-14/h1-12,21H/b21-18?,23-11+. The fourth-order valence-electron chi connectivity index (χ4n) is 2.45. The van der Waals surface area contributed by atoms with Crippen molar-refractivity contribution in [2.75, 3.05) is 0 Å². The fourth-order valence-corrected chi connectivity index (χ4v) is 2.57. The Labute approximate surface area is 148 Å². The van der Waals surface area contributed by atoms with Crippen LogP contribution in [0.4, 0.5) is 0 Å². The van der Waals surface area contributed by atoms with Gasteiger partial charge in [-0.25, -0.2) is 9.66 Å². The van der Waals surface area contributed by atoms with Crippen LogP contribution in [-0.2, 0) is 0 Å². The molecule has 0 fully saturated rings. The van der Waals surface area contributed by atoms with Crippen LogP contribution in [0.3, 0.4) is 0 Å². The number of fused-ring (bicyclic) bond motifs is 1. The third kappa shape index (κ3) is 3.09. The van der Waals surface area contributed by atoms with Gasteiger partial charge in [0.2, 0.25) is 5.71 Å². The van der Waals surface area contributed by atoms with Gasteiger partial charge in [-0.15, -0.1) is 0 Å². The molecule has 4 aromatic rings. The van der Waals surface area contributed by atoms with Gasteiger partial charge in [0.05, 0.1) is 11.6 Å². The van der Waals surface area contributed by atoms with Crippen LogP contribution < -0.4 is 5.49 Å². The number of furan rings is 1. The van der Waals surface area contributed by atoms with Crippen LogP contribution >= 0.6 is 11.6 Å². The lowest BCUT2D eigenvalue weighted by Gasteiger charge is -1.98. The monoisotopic (exact) mass is 348 g/mol. The average Bonchev–Trinajstić information content (AvgIpc) is 3.09. The van der Waals surface area contributed by atoms with Gasteiger partial charge in [-0.05, 0) is 23.8 Å². The normalized spacial score (nSPS) is 11.4. The molecule has 1 N–H and O–H groups in total. The van der Waals surface area contributed by atoms with Crippen LogP contribution in [0.25, 0.3) is 22.4 Å². The van der Waals surface area contributed by atoms with Gasteiger partial charge in [-0.3, -0.25) is 5.41 Å². The zero-order chi connectivity index (χ0) is 17.2. The molecule has 2 aromatic carbocycles. The minimum atomic E-state index is 0.209. The third-order valence-electron chi connectivity index (χ3n) is 3.74. The molecule has 0 amide bonds. The van der Waals surface area contributed by atoms with Crippen molar-refractivity contribution in [1.29, 1.82) is 5.41 Å². The highest BCUT2D eigenvalue weighted by Crippen LogP contribution is 2.24. The summed E-state index contributed by atoms with van der Waals surface area (Å²) in [5.41, 5.74) is 2.45. The topological polar surface area (TPSA) is 67.2 Å². The second-order valence-corrected chi connectivity index (χ2v) is 5.87. The zero-order valence-corrected chi connectivity index (χ0v) is 13.8. The first-order chi connectivity index (χ1) is 12.2. The number of halogens is 1. The molecule has 5 nitrogen and oxygen atoms in total. The molecule has 6 heteroatoms. The summed E-state index contributed by atoms with van der Waals surface area (Å²) in [5, 5.41) is 13.9. The van der Waals surface area contributed by atoms with E-state index in [0.29, 0.717) is 21.9 Å². The van der Waals surface area contributed by atoms with Gasteiger partial charge >= 0.3 is 0 Å². The van der Waals surface area contributed by atoms with Crippen LogP contribution in [0.5, 0.6) is 0 Å². The Morgan fingerprint density at radius 3 is 2.60 bits per heavy atom. The maximum Gasteiger partial charge on any atom is 0.231 e. The van der Waals surface area contributed by atoms with E-state index in [4.69, 9.17) is 21.4 Å². The molecule has 0 saturated carbocycles. The number of nitrogens with one attached hydrogen (secondary N) is 1. The summed E-state index contributed by atoms with van der Waals surface area (Å²) >= 11 is 5.87. The second kappa shape index (κ2) is 6.37. The molecule has 2 heterocycles. The molecule has 0 aliphatic carbocycles. The van der Waals surface area contributed by atoms with E-state index >= 15 is 0 Å². The molecule has 0 unspecified atom stereocenters. The average molecular weight is 349 g/mol. The molecule has 2 aromatic heterocycles. The van der Waals surface area contributed by atoms with Crippen LogP contribution in [0.1, 0.15) is 5.56 Å². The molecule has 0 bridgehead atoms. The first-order valence-corrected chi connectivity index (χ1v) is 8.00. The lowest BCUT2D eigenvalue weighted by molar-refractivity contribution is 0.612. The van der Waals surface area contributed by atoms with E-state index in [0.717, 1.165) is 11.1 Å². The van der Waals surface area contributed by atoms with Gasteiger partial charge in [0.25, 0.3) is 0 Å². The van der Waals surface area contributed by atoms with Gasteiger partial charge in [0.15, 0.2) is 5.49 Å². The molecule has 0 spiro atoms. The highest BCUT2D eigenvalue weighted by atomic mass is 35.5. The third-order valence-corrected chi connectivity index (χ3v) is 3.99. The van der Waals surface area contributed by atoms with E-state index in [1.165, 1.54) is 11.0 Å². The van der Waals surface area contributed by atoms with Crippen molar-refractivity contribution in [3.05, 3.63) is 83.1 Å². The van der Waals surface area contributed by atoms with Gasteiger partial charge in [-0.2, -0.15) is 5.10 Å². The van der Waals surface area contributed by atoms with E-state index in [-0.39, 0.29) is 5.49 Å².